The van der Waals surface area contributed by atoms with Gasteiger partial charge < -0.3 is 10.5 Å². The Morgan fingerprint density at radius 3 is 3.12 bits per heavy atom. The molecular weight excluding hydrogens is 214 g/mol. The van der Waals surface area contributed by atoms with Gasteiger partial charge in [0.15, 0.2) is 5.82 Å². The summed E-state index contributed by atoms with van der Waals surface area (Å²) in [5.41, 5.74) is 8.67. The molecule has 2 aromatic rings. The van der Waals surface area contributed by atoms with E-state index in [9.17, 15) is 0 Å². The first-order chi connectivity index (χ1) is 8.36. The highest BCUT2D eigenvalue weighted by Crippen LogP contribution is 2.28. The van der Waals surface area contributed by atoms with Gasteiger partial charge in [-0.25, -0.2) is 9.97 Å². The SMILES string of the molecule is NCc1ccnc(-c2ccc3c(c2)CCO3)n1. The standard InChI is InChI=1S/C13H13N3O/c14-8-11-3-5-15-13(16-11)10-1-2-12-9(7-10)4-6-17-12/h1-3,5,7H,4,6,8,14H2. The van der Waals surface area contributed by atoms with Gasteiger partial charge in [0.05, 0.1) is 12.3 Å². The van der Waals surface area contributed by atoms with Crippen LogP contribution in [0.1, 0.15) is 11.3 Å². The molecule has 0 saturated heterocycles. The largest absolute Gasteiger partial charge is 0.493 e. The van der Waals surface area contributed by atoms with Crippen molar-refractivity contribution in [2.75, 3.05) is 6.61 Å². The average Bonchev–Trinajstić information content (AvgIpc) is 2.86. The normalized spacial score (nSPS) is 13.2. The summed E-state index contributed by atoms with van der Waals surface area (Å²) < 4.78 is 5.47. The minimum Gasteiger partial charge on any atom is -0.493 e. The summed E-state index contributed by atoms with van der Waals surface area (Å²) in [6.45, 7) is 1.20. The lowest BCUT2D eigenvalue weighted by Crippen LogP contribution is -2.01. The molecule has 0 atom stereocenters. The Hall–Kier alpha value is -1.94. The second kappa shape index (κ2) is 4.14. The molecule has 0 fully saturated rings. The lowest BCUT2D eigenvalue weighted by Gasteiger charge is -2.04. The Labute approximate surface area is 99.5 Å². The topological polar surface area (TPSA) is 61.0 Å². The molecule has 0 amide bonds. The van der Waals surface area contributed by atoms with Crippen LogP contribution in [0.3, 0.4) is 0 Å². The molecule has 0 saturated carbocycles. The molecule has 17 heavy (non-hydrogen) atoms. The van der Waals surface area contributed by atoms with Crippen molar-refractivity contribution in [3.05, 3.63) is 41.7 Å². The monoisotopic (exact) mass is 227 g/mol. The second-order valence-corrected chi connectivity index (χ2v) is 4.00. The third-order valence-electron chi connectivity index (χ3n) is 2.87. The van der Waals surface area contributed by atoms with E-state index < -0.39 is 0 Å². The minimum atomic E-state index is 0.434. The van der Waals surface area contributed by atoms with Crippen molar-refractivity contribution in [3.8, 4) is 17.1 Å². The van der Waals surface area contributed by atoms with Gasteiger partial charge in [-0.15, -0.1) is 0 Å². The maximum absolute atomic E-state index is 5.58. The molecule has 1 aliphatic rings. The fraction of sp³-hybridized carbons (Fsp3) is 0.231. The molecule has 86 valence electrons. The fourth-order valence-electron chi connectivity index (χ4n) is 1.97. The molecular formula is C13H13N3O. The molecule has 2 heterocycles. The van der Waals surface area contributed by atoms with E-state index in [0.29, 0.717) is 6.54 Å². The highest BCUT2D eigenvalue weighted by atomic mass is 16.5. The zero-order valence-corrected chi connectivity index (χ0v) is 9.39. The number of nitrogens with zero attached hydrogens (tertiary/aromatic N) is 2. The molecule has 1 aromatic carbocycles. The van der Waals surface area contributed by atoms with Crippen LogP contribution in [0.4, 0.5) is 0 Å². The smallest absolute Gasteiger partial charge is 0.159 e. The van der Waals surface area contributed by atoms with E-state index in [1.165, 1.54) is 5.56 Å². The van der Waals surface area contributed by atoms with Crippen LogP contribution in [-0.4, -0.2) is 16.6 Å². The number of fused-ring (bicyclic) bond motifs is 1. The molecule has 0 aliphatic carbocycles. The van der Waals surface area contributed by atoms with E-state index >= 15 is 0 Å². The van der Waals surface area contributed by atoms with Crippen LogP contribution in [0.15, 0.2) is 30.5 Å². The van der Waals surface area contributed by atoms with Crippen LogP contribution in [0, 0.1) is 0 Å². The van der Waals surface area contributed by atoms with E-state index in [4.69, 9.17) is 10.5 Å². The zero-order chi connectivity index (χ0) is 11.7. The first-order valence-corrected chi connectivity index (χ1v) is 5.65. The summed E-state index contributed by atoms with van der Waals surface area (Å²) >= 11 is 0. The number of aromatic nitrogens is 2. The zero-order valence-electron chi connectivity index (χ0n) is 9.39. The first-order valence-electron chi connectivity index (χ1n) is 5.65. The van der Waals surface area contributed by atoms with Crippen molar-refractivity contribution >= 4 is 0 Å². The minimum absolute atomic E-state index is 0.434. The number of rotatable bonds is 2. The highest BCUT2D eigenvalue weighted by Gasteiger charge is 2.13. The average molecular weight is 227 g/mol. The van der Waals surface area contributed by atoms with Crippen molar-refractivity contribution in [3.63, 3.8) is 0 Å². The quantitative estimate of drug-likeness (QED) is 0.845. The molecule has 1 aliphatic heterocycles. The number of hydrogen-bond acceptors (Lipinski definition) is 4. The Morgan fingerprint density at radius 2 is 2.24 bits per heavy atom. The lowest BCUT2D eigenvalue weighted by atomic mass is 10.1. The van der Waals surface area contributed by atoms with Crippen molar-refractivity contribution in [2.24, 2.45) is 5.73 Å². The maximum atomic E-state index is 5.58. The molecule has 0 spiro atoms. The third kappa shape index (κ3) is 1.87. The van der Waals surface area contributed by atoms with Gasteiger partial charge in [0.2, 0.25) is 0 Å². The van der Waals surface area contributed by atoms with Crippen molar-refractivity contribution in [2.45, 2.75) is 13.0 Å². The predicted molar refractivity (Wildman–Crippen MR) is 64.6 cm³/mol. The molecule has 0 unspecified atom stereocenters. The van der Waals surface area contributed by atoms with Crippen LogP contribution in [0.25, 0.3) is 11.4 Å². The first kappa shape index (κ1) is 10.2. The number of nitrogens with two attached hydrogens (primary N) is 1. The molecule has 0 bridgehead atoms. The molecule has 4 nitrogen and oxygen atoms in total. The maximum Gasteiger partial charge on any atom is 0.159 e. The summed E-state index contributed by atoms with van der Waals surface area (Å²) in [5, 5.41) is 0. The van der Waals surface area contributed by atoms with Crippen molar-refractivity contribution in [1.29, 1.82) is 0 Å². The van der Waals surface area contributed by atoms with E-state index in [1.54, 1.807) is 6.20 Å². The van der Waals surface area contributed by atoms with Gasteiger partial charge in [-0.3, -0.25) is 0 Å². The van der Waals surface area contributed by atoms with E-state index in [1.807, 2.05) is 18.2 Å². The van der Waals surface area contributed by atoms with Crippen LogP contribution in [0.5, 0.6) is 5.75 Å². The molecule has 4 heteroatoms. The van der Waals surface area contributed by atoms with Crippen LogP contribution < -0.4 is 10.5 Å². The van der Waals surface area contributed by atoms with Gasteiger partial charge >= 0.3 is 0 Å². The van der Waals surface area contributed by atoms with Crippen LogP contribution in [-0.2, 0) is 13.0 Å². The molecule has 2 N–H and O–H groups in total. The number of ether oxygens (including phenoxy) is 1. The van der Waals surface area contributed by atoms with Crippen LogP contribution in [0.2, 0.25) is 0 Å². The third-order valence-corrected chi connectivity index (χ3v) is 2.87. The van der Waals surface area contributed by atoms with Crippen molar-refractivity contribution < 1.29 is 4.74 Å². The molecule has 1 aromatic heterocycles. The van der Waals surface area contributed by atoms with Crippen molar-refractivity contribution in [1.82, 2.24) is 9.97 Å². The van der Waals surface area contributed by atoms with Gasteiger partial charge in [-0.2, -0.15) is 0 Å². The van der Waals surface area contributed by atoms with Gasteiger partial charge in [0, 0.05) is 24.7 Å². The lowest BCUT2D eigenvalue weighted by molar-refractivity contribution is 0.357. The van der Waals surface area contributed by atoms with E-state index in [-0.39, 0.29) is 0 Å². The van der Waals surface area contributed by atoms with E-state index in [2.05, 4.69) is 16.0 Å². The summed E-state index contributed by atoms with van der Waals surface area (Å²) in [7, 11) is 0. The summed E-state index contributed by atoms with van der Waals surface area (Å²) in [6, 6.07) is 7.90. The van der Waals surface area contributed by atoms with E-state index in [0.717, 1.165) is 35.9 Å². The summed E-state index contributed by atoms with van der Waals surface area (Å²) in [5.74, 6) is 1.70. The van der Waals surface area contributed by atoms with Gasteiger partial charge in [0.25, 0.3) is 0 Å². The molecule has 3 rings (SSSR count). The van der Waals surface area contributed by atoms with Gasteiger partial charge in [-0.1, -0.05) is 0 Å². The molecule has 0 radical (unpaired) electrons. The Bertz CT molecular complexity index is 554. The van der Waals surface area contributed by atoms with Gasteiger partial charge in [0.1, 0.15) is 5.75 Å². The second-order valence-electron chi connectivity index (χ2n) is 4.00. The Morgan fingerprint density at radius 1 is 1.29 bits per heavy atom. The number of benzene rings is 1. The Balaban J connectivity index is 2.03. The number of hydrogen-bond donors (Lipinski definition) is 1. The fourth-order valence-corrected chi connectivity index (χ4v) is 1.97. The Kier molecular flexibility index (Phi) is 2.49. The highest BCUT2D eigenvalue weighted by molar-refractivity contribution is 5.59. The van der Waals surface area contributed by atoms with Gasteiger partial charge in [-0.05, 0) is 29.8 Å². The summed E-state index contributed by atoms with van der Waals surface area (Å²) in [4.78, 5) is 8.69. The van der Waals surface area contributed by atoms with Crippen LogP contribution >= 0.6 is 0 Å². The summed E-state index contributed by atoms with van der Waals surface area (Å²) in [6.07, 6.45) is 2.70. The predicted octanol–water partition coefficient (Wildman–Crippen LogP) is 1.54.